The number of rotatable bonds is 4. The maximum atomic E-state index is 12.2. The Kier molecular flexibility index (Phi) is 4.48. The topological polar surface area (TPSA) is 84.1 Å². The first-order valence-electron chi connectivity index (χ1n) is 7.23. The van der Waals surface area contributed by atoms with Gasteiger partial charge in [0.05, 0.1) is 22.9 Å². The number of nitrogens with zero attached hydrogens (tertiary/aromatic N) is 1. The summed E-state index contributed by atoms with van der Waals surface area (Å²) in [5.74, 6) is -1.02. The molecule has 24 heavy (non-hydrogen) atoms. The second-order valence-electron chi connectivity index (χ2n) is 5.18. The van der Waals surface area contributed by atoms with E-state index in [0.29, 0.717) is 16.3 Å². The SMILES string of the molecule is CC(OC(=O)c1ccc2nc[nH]c2c1)C(=O)Nc1cccc(Cl)c1. The summed E-state index contributed by atoms with van der Waals surface area (Å²) in [4.78, 5) is 31.3. The number of amides is 1. The van der Waals surface area contributed by atoms with Crippen LogP contribution in [0.3, 0.4) is 0 Å². The summed E-state index contributed by atoms with van der Waals surface area (Å²) in [7, 11) is 0. The van der Waals surface area contributed by atoms with Crippen molar-refractivity contribution in [2.24, 2.45) is 0 Å². The van der Waals surface area contributed by atoms with Crippen LogP contribution in [0, 0.1) is 0 Å². The smallest absolute Gasteiger partial charge is 0.338 e. The number of aromatic amines is 1. The molecule has 2 aromatic carbocycles. The van der Waals surface area contributed by atoms with E-state index < -0.39 is 18.0 Å². The largest absolute Gasteiger partial charge is 0.449 e. The Hall–Kier alpha value is -2.86. The number of hydrogen-bond donors (Lipinski definition) is 2. The van der Waals surface area contributed by atoms with E-state index in [1.807, 2.05) is 0 Å². The van der Waals surface area contributed by atoms with E-state index in [1.165, 1.54) is 6.92 Å². The molecule has 7 heteroatoms. The highest BCUT2D eigenvalue weighted by Gasteiger charge is 2.19. The van der Waals surface area contributed by atoms with Gasteiger partial charge in [-0.05, 0) is 43.3 Å². The van der Waals surface area contributed by atoms with Gasteiger partial charge in [-0.15, -0.1) is 0 Å². The van der Waals surface area contributed by atoms with Crippen LogP contribution in [0.2, 0.25) is 5.02 Å². The zero-order valence-corrected chi connectivity index (χ0v) is 13.5. The number of fused-ring (bicyclic) bond motifs is 1. The van der Waals surface area contributed by atoms with Crippen LogP contribution >= 0.6 is 11.6 Å². The molecule has 1 unspecified atom stereocenters. The molecule has 0 radical (unpaired) electrons. The maximum Gasteiger partial charge on any atom is 0.338 e. The standard InChI is InChI=1S/C17H14ClN3O3/c1-10(16(22)21-13-4-2-3-12(18)8-13)24-17(23)11-5-6-14-15(7-11)20-9-19-14/h2-10H,1H3,(H,19,20)(H,21,22). The molecule has 1 atom stereocenters. The third kappa shape index (κ3) is 3.55. The summed E-state index contributed by atoms with van der Waals surface area (Å²) < 4.78 is 5.21. The Morgan fingerprint density at radius 3 is 2.88 bits per heavy atom. The molecule has 0 aliphatic heterocycles. The number of hydrogen-bond acceptors (Lipinski definition) is 4. The van der Waals surface area contributed by atoms with Crippen molar-refractivity contribution in [1.82, 2.24) is 9.97 Å². The molecule has 0 aliphatic carbocycles. The van der Waals surface area contributed by atoms with Crippen LogP contribution < -0.4 is 5.32 Å². The second kappa shape index (κ2) is 6.72. The Labute approximate surface area is 142 Å². The molecule has 0 aliphatic rings. The Morgan fingerprint density at radius 1 is 1.25 bits per heavy atom. The predicted molar refractivity (Wildman–Crippen MR) is 91.1 cm³/mol. The summed E-state index contributed by atoms with van der Waals surface area (Å²) in [6.07, 6.45) is 0.592. The van der Waals surface area contributed by atoms with Crippen molar-refractivity contribution in [3.63, 3.8) is 0 Å². The molecule has 122 valence electrons. The Bertz CT molecular complexity index is 907. The number of esters is 1. The number of carbonyl (C=O) groups excluding carboxylic acids is 2. The molecule has 6 nitrogen and oxygen atoms in total. The molecule has 1 aromatic heterocycles. The summed E-state index contributed by atoms with van der Waals surface area (Å²) in [6.45, 7) is 1.51. The van der Waals surface area contributed by atoms with E-state index in [1.54, 1.807) is 48.8 Å². The fourth-order valence-electron chi connectivity index (χ4n) is 2.15. The van der Waals surface area contributed by atoms with Gasteiger partial charge in [-0.2, -0.15) is 0 Å². The maximum absolute atomic E-state index is 12.2. The van der Waals surface area contributed by atoms with Gasteiger partial charge < -0.3 is 15.0 Å². The fraction of sp³-hybridized carbons (Fsp3) is 0.118. The average Bonchev–Trinajstić information content (AvgIpc) is 3.02. The summed E-state index contributed by atoms with van der Waals surface area (Å²) in [5.41, 5.74) is 2.35. The third-order valence-electron chi connectivity index (χ3n) is 3.40. The quantitative estimate of drug-likeness (QED) is 0.711. The number of imidazole rings is 1. The van der Waals surface area contributed by atoms with Gasteiger partial charge in [0.15, 0.2) is 6.10 Å². The van der Waals surface area contributed by atoms with Gasteiger partial charge in [-0.1, -0.05) is 17.7 Å². The first-order valence-corrected chi connectivity index (χ1v) is 7.61. The van der Waals surface area contributed by atoms with Crippen LogP contribution in [0.5, 0.6) is 0 Å². The van der Waals surface area contributed by atoms with Gasteiger partial charge in [0.25, 0.3) is 5.91 Å². The molecule has 0 spiro atoms. The van der Waals surface area contributed by atoms with Crippen LogP contribution in [0.1, 0.15) is 17.3 Å². The highest BCUT2D eigenvalue weighted by Crippen LogP contribution is 2.16. The number of carbonyl (C=O) groups is 2. The van der Waals surface area contributed by atoms with Crippen LogP contribution in [0.25, 0.3) is 11.0 Å². The molecule has 0 bridgehead atoms. The van der Waals surface area contributed by atoms with E-state index in [-0.39, 0.29) is 0 Å². The van der Waals surface area contributed by atoms with Gasteiger partial charge in [-0.3, -0.25) is 4.79 Å². The zero-order valence-electron chi connectivity index (χ0n) is 12.7. The lowest BCUT2D eigenvalue weighted by molar-refractivity contribution is -0.123. The van der Waals surface area contributed by atoms with E-state index >= 15 is 0 Å². The molecule has 0 fully saturated rings. The van der Waals surface area contributed by atoms with Crippen molar-refractivity contribution >= 4 is 40.2 Å². The molecular weight excluding hydrogens is 330 g/mol. The van der Waals surface area contributed by atoms with Crippen molar-refractivity contribution in [2.75, 3.05) is 5.32 Å². The van der Waals surface area contributed by atoms with E-state index in [0.717, 1.165) is 11.0 Å². The van der Waals surface area contributed by atoms with Crippen LogP contribution in [-0.4, -0.2) is 27.9 Å². The number of anilines is 1. The minimum absolute atomic E-state index is 0.342. The number of halogens is 1. The van der Waals surface area contributed by atoms with Gasteiger partial charge in [0, 0.05) is 10.7 Å². The molecular formula is C17H14ClN3O3. The number of ether oxygens (including phenoxy) is 1. The highest BCUT2D eigenvalue weighted by molar-refractivity contribution is 6.30. The molecule has 3 aromatic rings. The van der Waals surface area contributed by atoms with Crippen LogP contribution in [-0.2, 0) is 9.53 Å². The van der Waals surface area contributed by atoms with Crippen molar-refractivity contribution in [1.29, 1.82) is 0 Å². The van der Waals surface area contributed by atoms with Gasteiger partial charge in [0.1, 0.15) is 0 Å². The average molecular weight is 344 g/mol. The predicted octanol–water partition coefficient (Wildman–Crippen LogP) is 3.40. The molecule has 3 rings (SSSR count). The Morgan fingerprint density at radius 2 is 2.08 bits per heavy atom. The van der Waals surface area contributed by atoms with Crippen molar-refractivity contribution in [2.45, 2.75) is 13.0 Å². The number of benzene rings is 2. The first kappa shape index (κ1) is 16.0. The minimum Gasteiger partial charge on any atom is -0.449 e. The van der Waals surface area contributed by atoms with Crippen LogP contribution in [0.15, 0.2) is 48.8 Å². The third-order valence-corrected chi connectivity index (χ3v) is 3.64. The zero-order chi connectivity index (χ0) is 17.1. The monoisotopic (exact) mass is 343 g/mol. The minimum atomic E-state index is -0.950. The number of nitrogens with one attached hydrogen (secondary N) is 2. The van der Waals surface area contributed by atoms with Crippen molar-refractivity contribution in [3.8, 4) is 0 Å². The molecule has 0 saturated carbocycles. The van der Waals surface area contributed by atoms with Crippen LogP contribution in [0.4, 0.5) is 5.69 Å². The van der Waals surface area contributed by atoms with E-state index in [2.05, 4.69) is 15.3 Å². The molecule has 0 saturated heterocycles. The Balaban J connectivity index is 1.65. The number of H-pyrrole nitrogens is 1. The second-order valence-corrected chi connectivity index (χ2v) is 5.62. The van der Waals surface area contributed by atoms with Crippen molar-refractivity contribution < 1.29 is 14.3 Å². The fourth-order valence-corrected chi connectivity index (χ4v) is 2.35. The summed E-state index contributed by atoms with van der Waals surface area (Å²) >= 11 is 5.87. The molecule has 1 heterocycles. The van der Waals surface area contributed by atoms with Gasteiger partial charge in [-0.25, -0.2) is 9.78 Å². The van der Waals surface area contributed by atoms with Gasteiger partial charge in [0.2, 0.25) is 0 Å². The molecule has 1 amide bonds. The molecule has 2 N–H and O–H groups in total. The van der Waals surface area contributed by atoms with Crippen molar-refractivity contribution in [3.05, 3.63) is 59.4 Å². The summed E-state index contributed by atoms with van der Waals surface area (Å²) in [6, 6.07) is 11.7. The van der Waals surface area contributed by atoms with E-state index in [4.69, 9.17) is 16.3 Å². The lowest BCUT2D eigenvalue weighted by atomic mass is 10.2. The highest BCUT2D eigenvalue weighted by atomic mass is 35.5. The number of aromatic nitrogens is 2. The normalized spacial score (nSPS) is 11.9. The first-order chi connectivity index (χ1) is 11.5. The van der Waals surface area contributed by atoms with Gasteiger partial charge >= 0.3 is 5.97 Å². The summed E-state index contributed by atoms with van der Waals surface area (Å²) in [5, 5.41) is 3.15. The lowest BCUT2D eigenvalue weighted by Gasteiger charge is -2.13. The van der Waals surface area contributed by atoms with E-state index in [9.17, 15) is 9.59 Å². The lowest BCUT2D eigenvalue weighted by Crippen LogP contribution is -2.30.